The Hall–Kier alpha value is -0.610. The van der Waals surface area contributed by atoms with Crippen molar-refractivity contribution < 1.29 is 9.53 Å². The molecule has 1 fully saturated rings. The minimum atomic E-state index is 0.0766. The second-order valence-corrected chi connectivity index (χ2v) is 4.56. The van der Waals surface area contributed by atoms with E-state index in [2.05, 4.69) is 11.9 Å². The van der Waals surface area contributed by atoms with E-state index in [1.54, 1.807) is 7.11 Å². The molecule has 0 spiro atoms. The number of methoxy groups -OCH3 is 1. The molecule has 4 heteroatoms. The molecule has 1 amide bonds. The second-order valence-electron chi connectivity index (χ2n) is 4.56. The second kappa shape index (κ2) is 5.47. The van der Waals surface area contributed by atoms with Gasteiger partial charge < -0.3 is 14.5 Å². The Morgan fingerprint density at radius 3 is 2.67 bits per heavy atom. The highest BCUT2D eigenvalue weighted by atomic mass is 16.5. The number of hydrogen-bond acceptors (Lipinski definition) is 3. The molecule has 0 aliphatic carbocycles. The van der Waals surface area contributed by atoms with Crippen LogP contribution in [0.3, 0.4) is 0 Å². The van der Waals surface area contributed by atoms with Crippen LogP contribution in [-0.2, 0) is 9.53 Å². The predicted molar refractivity (Wildman–Crippen MR) is 59.7 cm³/mol. The molecule has 0 aromatic heterocycles. The first kappa shape index (κ1) is 12.5. The molecule has 1 saturated heterocycles. The Kier molecular flexibility index (Phi) is 4.54. The van der Waals surface area contributed by atoms with Crippen molar-refractivity contribution in [2.45, 2.75) is 19.9 Å². The number of carbonyl (C=O) groups excluding carboxylic acids is 1. The van der Waals surface area contributed by atoms with Crippen LogP contribution in [0.1, 0.15) is 13.8 Å². The van der Waals surface area contributed by atoms with Gasteiger partial charge in [0.1, 0.15) is 0 Å². The largest absolute Gasteiger partial charge is 0.382 e. The molecular weight excluding hydrogens is 192 g/mol. The summed E-state index contributed by atoms with van der Waals surface area (Å²) in [5, 5.41) is 0. The van der Waals surface area contributed by atoms with Crippen molar-refractivity contribution in [1.82, 2.24) is 9.80 Å². The fraction of sp³-hybridized carbons (Fsp3) is 0.909. The van der Waals surface area contributed by atoms with Crippen molar-refractivity contribution in [1.29, 1.82) is 0 Å². The van der Waals surface area contributed by atoms with Crippen LogP contribution in [0.15, 0.2) is 0 Å². The van der Waals surface area contributed by atoms with E-state index < -0.39 is 0 Å². The third-order valence-corrected chi connectivity index (χ3v) is 2.82. The van der Waals surface area contributed by atoms with Crippen molar-refractivity contribution in [2.75, 3.05) is 40.4 Å². The molecule has 0 radical (unpaired) electrons. The van der Waals surface area contributed by atoms with E-state index in [9.17, 15) is 4.79 Å². The lowest BCUT2D eigenvalue weighted by atomic mass is 10.1. The zero-order chi connectivity index (χ0) is 11.4. The van der Waals surface area contributed by atoms with Crippen LogP contribution < -0.4 is 0 Å². The molecule has 0 bridgehead atoms. The van der Waals surface area contributed by atoms with Crippen LogP contribution >= 0.6 is 0 Å². The number of carbonyl (C=O) groups is 1. The third-order valence-electron chi connectivity index (χ3n) is 2.82. The first-order chi connectivity index (χ1) is 7.06. The van der Waals surface area contributed by atoms with E-state index in [-0.39, 0.29) is 17.9 Å². The van der Waals surface area contributed by atoms with Gasteiger partial charge in [0.15, 0.2) is 0 Å². The van der Waals surface area contributed by atoms with E-state index in [4.69, 9.17) is 4.74 Å². The lowest BCUT2D eigenvalue weighted by Gasteiger charge is -2.40. The van der Waals surface area contributed by atoms with Crippen LogP contribution in [-0.4, -0.2) is 62.1 Å². The zero-order valence-electron chi connectivity index (χ0n) is 10.2. The van der Waals surface area contributed by atoms with E-state index in [1.165, 1.54) is 0 Å². The molecular formula is C11H22N2O2. The lowest BCUT2D eigenvalue weighted by molar-refractivity contribution is -0.140. The van der Waals surface area contributed by atoms with Crippen molar-refractivity contribution in [3.05, 3.63) is 0 Å². The van der Waals surface area contributed by atoms with Crippen molar-refractivity contribution in [3.8, 4) is 0 Å². The molecule has 0 aromatic rings. The van der Waals surface area contributed by atoms with Gasteiger partial charge in [-0.05, 0) is 7.05 Å². The molecule has 1 atom stereocenters. The third kappa shape index (κ3) is 3.18. The first-order valence-corrected chi connectivity index (χ1v) is 5.54. The predicted octanol–water partition coefficient (Wildman–Crippen LogP) is 0.431. The highest BCUT2D eigenvalue weighted by Gasteiger charge is 2.29. The van der Waals surface area contributed by atoms with Gasteiger partial charge in [-0.1, -0.05) is 13.8 Å². The van der Waals surface area contributed by atoms with Gasteiger partial charge in [0, 0.05) is 32.7 Å². The van der Waals surface area contributed by atoms with Gasteiger partial charge in [-0.2, -0.15) is 0 Å². The van der Waals surface area contributed by atoms with Gasteiger partial charge in [0.25, 0.3) is 0 Å². The molecule has 1 aliphatic rings. The van der Waals surface area contributed by atoms with Crippen LogP contribution in [0.4, 0.5) is 0 Å². The monoisotopic (exact) mass is 214 g/mol. The number of rotatable bonds is 3. The number of amides is 1. The smallest absolute Gasteiger partial charge is 0.225 e. The fourth-order valence-corrected chi connectivity index (χ4v) is 1.97. The van der Waals surface area contributed by atoms with Crippen molar-refractivity contribution >= 4 is 5.91 Å². The van der Waals surface area contributed by atoms with Gasteiger partial charge in [0.2, 0.25) is 5.91 Å². The van der Waals surface area contributed by atoms with Gasteiger partial charge in [-0.25, -0.2) is 0 Å². The molecule has 88 valence electrons. The molecule has 1 aliphatic heterocycles. The molecule has 1 heterocycles. The lowest BCUT2D eigenvalue weighted by Crippen LogP contribution is -2.56. The highest BCUT2D eigenvalue weighted by Crippen LogP contribution is 2.12. The van der Waals surface area contributed by atoms with Gasteiger partial charge >= 0.3 is 0 Å². The molecule has 0 N–H and O–H groups in total. The van der Waals surface area contributed by atoms with Gasteiger partial charge in [-0.3, -0.25) is 4.79 Å². The number of hydrogen-bond donors (Lipinski definition) is 0. The Morgan fingerprint density at radius 2 is 2.13 bits per heavy atom. The number of ether oxygens (including phenoxy) is 1. The average molecular weight is 214 g/mol. The van der Waals surface area contributed by atoms with Crippen molar-refractivity contribution in [3.63, 3.8) is 0 Å². The van der Waals surface area contributed by atoms with E-state index in [0.717, 1.165) is 19.6 Å². The molecule has 0 saturated carbocycles. The van der Waals surface area contributed by atoms with E-state index >= 15 is 0 Å². The van der Waals surface area contributed by atoms with Crippen LogP contribution in [0.25, 0.3) is 0 Å². The summed E-state index contributed by atoms with van der Waals surface area (Å²) in [6.07, 6.45) is 0. The summed E-state index contributed by atoms with van der Waals surface area (Å²) in [7, 11) is 3.77. The van der Waals surface area contributed by atoms with Gasteiger partial charge in [0.05, 0.1) is 12.6 Å². The average Bonchev–Trinajstić information content (AvgIpc) is 2.17. The van der Waals surface area contributed by atoms with Crippen LogP contribution in [0, 0.1) is 5.92 Å². The van der Waals surface area contributed by atoms with Gasteiger partial charge in [-0.15, -0.1) is 0 Å². The normalized spacial score (nSPS) is 23.5. The Morgan fingerprint density at radius 1 is 1.47 bits per heavy atom. The van der Waals surface area contributed by atoms with Crippen molar-refractivity contribution in [2.24, 2.45) is 5.92 Å². The topological polar surface area (TPSA) is 32.8 Å². The Bertz CT molecular complexity index is 219. The Balaban J connectivity index is 2.63. The van der Waals surface area contributed by atoms with Crippen LogP contribution in [0.2, 0.25) is 0 Å². The SMILES string of the molecule is COC[C@H]1CN(C)CCN1C(=O)C(C)C. The minimum absolute atomic E-state index is 0.0766. The van der Waals surface area contributed by atoms with Crippen LogP contribution in [0.5, 0.6) is 0 Å². The molecule has 1 rings (SSSR count). The zero-order valence-corrected chi connectivity index (χ0v) is 10.2. The highest BCUT2D eigenvalue weighted by molar-refractivity contribution is 5.78. The summed E-state index contributed by atoms with van der Waals surface area (Å²) < 4.78 is 5.17. The summed E-state index contributed by atoms with van der Waals surface area (Å²) >= 11 is 0. The molecule has 15 heavy (non-hydrogen) atoms. The fourth-order valence-electron chi connectivity index (χ4n) is 1.97. The summed E-state index contributed by atoms with van der Waals surface area (Å²) in [4.78, 5) is 16.2. The molecule has 0 aromatic carbocycles. The molecule has 4 nitrogen and oxygen atoms in total. The quantitative estimate of drug-likeness (QED) is 0.683. The summed E-state index contributed by atoms with van der Waals surface area (Å²) in [5.41, 5.74) is 0. The Labute approximate surface area is 92.2 Å². The minimum Gasteiger partial charge on any atom is -0.382 e. The van der Waals surface area contributed by atoms with E-state index in [0.29, 0.717) is 6.61 Å². The number of piperazine rings is 1. The maximum atomic E-state index is 11.9. The summed E-state index contributed by atoms with van der Waals surface area (Å²) in [6.45, 7) is 7.21. The number of likely N-dealkylation sites (N-methyl/N-ethyl adjacent to an activating group) is 1. The standard InChI is InChI=1S/C11H22N2O2/c1-9(2)11(14)13-6-5-12(3)7-10(13)8-15-4/h9-10H,5-8H2,1-4H3/t10-/m1/s1. The number of nitrogens with zero attached hydrogens (tertiary/aromatic N) is 2. The summed E-state index contributed by atoms with van der Waals surface area (Å²) in [5.74, 6) is 0.318. The molecule has 0 unspecified atom stereocenters. The van der Waals surface area contributed by atoms with E-state index in [1.807, 2.05) is 18.7 Å². The maximum Gasteiger partial charge on any atom is 0.225 e. The first-order valence-electron chi connectivity index (χ1n) is 5.54. The maximum absolute atomic E-state index is 11.9. The summed E-state index contributed by atoms with van der Waals surface area (Å²) in [6, 6.07) is 0.212.